The minimum Gasteiger partial charge on any atom is -0.440 e. The maximum Gasteiger partial charge on any atom is 0.387 e. The van der Waals surface area contributed by atoms with Gasteiger partial charge in [-0.15, -0.1) is 0 Å². The Hall–Kier alpha value is -4.00. The third kappa shape index (κ3) is 5.18. The lowest BCUT2D eigenvalue weighted by Crippen LogP contribution is -2.14. The van der Waals surface area contributed by atoms with Crippen molar-refractivity contribution >= 4 is 11.6 Å². The quantitative estimate of drug-likeness (QED) is 0.360. The van der Waals surface area contributed by atoms with Gasteiger partial charge in [-0.25, -0.2) is 4.98 Å². The molecule has 0 unspecified atom stereocenters. The SMILES string of the molecule is O=C(CCc1nc(-c2ccccc2)c(-c2ccccc2)o1)Nc1ccccc1OC(F)F. The van der Waals surface area contributed by atoms with E-state index in [9.17, 15) is 13.6 Å². The Kier molecular flexibility index (Phi) is 6.55. The van der Waals surface area contributed by atoms with E-state index < -0.39 is 6.61 Å². The number of oxazole rings is 1. The highest BCUT2D eigenvalue weighted by Gasteiger charge is 2.18. The van der Waals surface area contributed by atoms with Gasteiger partial charge in [0.25, 0.3) is 0 Å². The number of rotatable bonds is 8. The van der Waals surface area contributed by atoms with Crippen LogP contribution in [0.5, 0.6) is 5.75 Å². The molecule has 0 aliphatic heterocycles. The van der Waals surface area contributed by atoms with Crippen LogP contribution in [0.15, 0.2) is 89.3 Å². The zero-order valence-corrected chi connectivity index (χ0v) is 17.0. The van der Waals surface area contributed by atoms with Crippen LogP contribution in [0.1, 0.15) is 12.3 Å². The summed E-state index contributed by atoms with van der Waals surface area (Å²) < 4.78 is 35.6. The summed E-state index contributed by atoms with van der Waals surface area (Å²) in [5, 5.41) is 2.60. The molecule has 0 aliphatic rings. The number of ether oxygens (including phenoxy) is 1. The normalized spacial score (nSPS) is 10.8. The minimum absolute atomic E-state index is 0.0615. The molecule has 0 aliphatic carbocycles. The van der Waals surface area contributed by atoms with Crippen LogP contribution in [0.3, 0.4) is 0 Å². The minimum atomic E-state index is -2.98. The van der Waals surface area contributed by atoms with Gasteiger partial charge in [0.15, 0.2) is 11.7 Å². The fourth-order valence-corrected chi connectivity index (χ4v) is 3.25. The van der Waals surface area contributed by atoms with Gasteiger partial charge in [-0.2, -0.15) is 8.78 Å². The van der Waals surface area contributed by atoms with Gasteiger partial charge in [-0.05, 0) is 12.1 Å². The molecule has 0 spiro atoms. The van der Waals surface area contributed by atoms with Crippen LogP contribution in [0.4, 0.5) is 14.5 Å². The number of amides is 1. The van der Waals surface area contributed by atoms with Crippen LogP contribution in [0, 0.1) is 0 Å². The number of carbonyl (C=O) groups excluding carboxylic acids is 1. The maximum atomic E-state index is 12.6. The molecule has 0 bridgehead atoms. The molecule has 4 rings (SSSR count). The van der Waals surface area contributed by atoms with Crippen molar-refractivity contribution in [2.24, 2.45) is 0 Å². The summed E-state index contributed by atoms with van der Waals surface area (Å²) in [6, 6.07) is 25.3. The van der Waals surface area contributed by atoms with E-state index >= 15 is 0 Å². The van der Waals surface area contributed by atoms with Gasteiger partial charge >= 0.3 is 6.61 Å². The highest BCUT2D eigenvalue weighted by atomic mass is 19.3. The van der Waals surface area contributed by atoms with Gasteiger partial charge < -0.3 is 14.5 Å². The number of alkyl halides is 2. The molecule has 7 heteroatoms. The third-order valence-electron chi connectivity index (χ3n) is 4.70. The highest BCUT2D eigenvalue weighted by molar-refractivity contribution is 5.92. The van der Waals surface area contributed by atoms with Crippen molar-refractivity contribution < 1.29 is 22.7 Å². The molecular weight excluding hydrogens is 414 g/mol. The number of nitrogens with one attached hydrogen (secondary N) is 1. The molecule has 0 fully saturated rings. The Balaban J connectivity index is 1.51. The number of nitrogens with zero attached hydrogens (tertiary/aromatic N) is 1. The number of halogens is 2. The predicted molar refractivity (Wildman–Crippen MR) is 117 cm³/mol. The summed E-state index contributed by atoms with van der Waals surface area (Å²) in [7, 11) is 0. The number of hydrogen-bond acceptors (Lipinski definition) is 4. The molecule has 0 saturated carbocycles. The molecule has 3 aromatic carbocycles. The van der Waals surface area contributed by atoms with Gasteiger partial charge in [0, 0.05) is 24.0 Å². The first-order valence-corrected chi connectivity index (χ1v) is 10.0. The second-order valence-electron chi connectivity index (χ2n) is 6.94. The lowest BCUT2D eigenvalue weighted by Gasteiger charge is -2.11. The summed E-state index contributed by atoms with van der Waals surface area (Å²) in [4.78, 5) is 17.1. The Bertz CT molecular complexity index is 1120. The zero-order chi connectivity index (χ0) is 22.3. The molecule has 1 aromatic heterocycles. The van der Waals surface area contributed by atoms with Crippen molar-refractivity contribution in [2.75, 3.05) is 5.32 Å². The summed E-state index contributed by atoms with van der Waals surface area (Å²) in [6.45, 7) is -2.98. The van der Waals surface area contributed by atoms with E-state index in [-0.39, 0.29) is 30.2 Å². The zero-order valence-electron chi connectivity index (χ0n) is 17.0. The van der Waals surface area contributed by atoms with Gasteiger partial charge in [-0.3, -0.25) is 4.79 Å². The number of para-hydroxylation sites is 2. The van der Waals surface area contributed by atoms with Crippen molar-refractivity contribution in [1.29, 1.82) is 0 Å². The molecule has 5 nitrogen and oxygen atoms in total. The van der Waals surface area contributed by atoms with E-state index in [4.69, 9.17) is 4.42 Å². The topological polar surface area (TPSA) is 64.4 Å². The van der Waals surface area contributed by atoms with E-state index in [0.29, 0.717) is 17.3 Å². The van der Waals surface area contributed by atoms with Crippen LogP contribution in [0.25, 0.3) is 22.6 Å². The number of anilines is 1. The average Bonchev–Trinajstić information content (AvgIpc) is 3.24. The number of aromatic nitrogens is 1. The van der Waals surface area contributed by atoms with E-state index in [1.54, 1.807) is 12.1 Å². The molecule has 0 atom stereocenters. The molecule has 0 radical (unpaired) electrons. The van der Waals surface area contributed by atoms with E-state index in [1.165, 1.54) is 12.1 Å². The molecule has 1 N–H and O–H groups in total. The smallest absolute Gasteiger partial charge is 0.387 e. The van der Waals surface area contributed by atoms with Gasteiger partial charge in [0.2, 0.25) is 5.91 Å². The van der Waals surface area contributed by atoms with E-state index in [2.05, 4.69) is 15.0 Å². The molecule has 1 heterocycles. The first-order valence-electron chi connectivity index (χ1n) is 10.0. The fraction of sp³-hybridized carbons (Fsp3) is 0.120. The summed E-state index contributed by atoms with van der Waals surface area (Å²) in [5.41, 5.74) is 2.67. The van der Waals surface area contributed by atoms with Gasteiger partial charge in [0.05, 0.1) is 5.69 Å². The number of aryl methyl sites for hydroxylation is 1. The number of carbonyl (C=O) groups is 1. The van der Waals surface area contributed by atoms with E-state index in [1.807, 2.05) is 60.7 Å². The van der Waals surface area contributed by atoms with Crippen molar-refractivity contribution in [3.05, 3.63) is 90.8 Å². The summed E-state index contributed by atoms with van der Waals surface area (Å²) in [6.07, 6.45) is 0.308. The Morgan fingerprint density at radius 2 is 1.53 bits per heavy atom. The summed E-state index contributed by atoms with van der Waals surface area (Å²) >= 11 is 0. The van der Waals surface area contributed by atoms with Crippen LogP contribution in [-0.4, -0.2) is 17.5 Å². The third-order valence-corrected chi connectivity index (χ3v) is 4.70. The Morgan fingerprint density at radius 1 is 0.906 bits per heavy atom. The van der Waals surface area contributed by atoms with Crippen molar-refractivity contribution in [3.8, 4) is 28.3 Å². The second-order valence-corrected chi connectivity index (χ2v) is 6.94. The van der Waals surface area contributed by atoms with Gasteiger partial charge in [-0.1, -0.05) is 72.8 Å². The standard InChI is InChI=1S/C25H20F2N2O3/c26-25(27)31-20-14-8-7-13-19(20)28-21(30)15-16-22-29-23(17-9-3-1-4-10-17)24(32-22)18-11-5-2-6-12-18/h1-14,25H,15-16H2,(H,28,30). The number of benzene rings is 3. The lowest BCUT2D eigenvalue weighted by molar-refractivity contribution is -0.116. The van der Waals surface area contributed by atoms with Crippen LogP contribution in [0.2, 0.25) is 0 Å². The molecule has 1 amide bonds. The largest absolute Gasteiger partial charge is 0.440 e. The van der Waals surface area contributed by atoms with Crippen molar-refractivity contribution in [2.45, 2.75) is 19.5 Å². The van der Waals surface area contributed by atoms with Crippen molar-refractivity contribution in [3.63, 3.8) is 0 Å². The van der Waals surface area contributed by atoms with Crippen LogP contribution in [-0.2, 0) is 11.2 Å². The Morgan fingerprint density at radius 3 is 2.22 bits per heavy atom. The first-order chi connectivity index (χ1) is 15.6. The fourth-order valence-electron chi connectivity index (χ4n) is 3.25. The molecular formula is C25H20F2N2O3. The second kappa shape index (κ2) is 9.87. The molecule has 162 valence electrons. The maximum absolute atomic E-state index is 12.6. The van der Waals surface area contributed by atoms with Crippen LogP contribution < -0.4 is 10.1 Å². The number of hydrogen-bond donors (Lipinski definition) is 1. The lowest BCUT2D eigenvalue weighted by atomic mass is 10.1. The molecule has 32 heavy (non-hydrogen) atoms. The predicted octanol–water partition coefficient (Wildman–Crippen LogP) is 6.18. The first kappa shape index (κ1) is 21.2. The monoisotopic (exact) mass is 434 g/mol. The summed E-state index contributed by atoms with van der Waals surface area (Å²) in [5.74, 6) is 0.582. The van der Waals surface area contributed by atoms with Crippen molar-refractivity contribution in [1.82, 2.24) is 4.98 Å². The molecule has 0 saturated heterocycles. The van der Waals surface area contributed by atoms with E-state index in [0.717, 1.165) is 11.1 Å². The average molecular weight is 434 g/mol. The van der Waals surface area contributed by atoms with Crippen LogP contribution >= 0.6 is 0 Å². The van der Waals surface area contributed by atoms with Gasteiger partial charge in [0.1, 0.15) is 11.4 Å². The Labute approximate surface area is 183 Å². The highest BCUT2D eigenvalue weighted by Crippen LogP contribution is 2.33. The molecule has 4 aromatic rings.